The smallest absolute Gasteiger partial charge is 0.308 e. The lowest BCUT2D eigenvalue weighted by Gasteiger charge is -2.27. The molecule has 0 radical (unpaired) electrons. The molecular weight excluding hydrogens is 620 g/mol. The standard InChI is InChI=1S/C20H28N2O3.C19H26N2O3/c1-25-20(24)16-8-5-14(6-9-16)12-21-13-15-7-10-18-17(11-15)3-2-4-19(23)22-18;22-18-3-1-2-16-10-14(6-9-17(16)21-18)12-20-11-13-4-7-15(8-5-13)19(23)24/h7,10-11,14,16,21H,2-6,8-9,12-13H2,1H3,(H,22,23);6,9-10,13,15,20H,1-5,7-8,11-12H2,(H,21,22)(H,23,24). The molecule has 2 aliphatic carbocycles. The van der Waals surface area contributed by atoms with Gasteiger partial charge in [0.15, 0.2) is 0 Å². The van der Waals surface area contributed by atoms with Crippen molar-refractivity contribution in [2.24, 2.45) is 23.7 Å². The van der Waals surface area contributed by atoms with Gasteiger partial charge in [0.2, 0.25) is 11.8 Å². The number of carbonyl (C=O) groups excluding carboxylic acids is 3. The predicted molar refractivity (Wildman–Crippen MR) is 190 cm³/mol. The van der Waals surface area contributed by atoms with Crippen LogP contribution in [0.2, 0.25) is 0 Å². The van der Waals surface area contributed by atoms with Gasteiger partial charge in [0.25, 0.3) is 0 Å². The number of benzene rings is 2. The molecule has 2 amide bonds. The van der Waals surface area contributed by atoms with Crippen LogP contribution in [0.15, 0.2) is 36.4 Å². The number of fused-ring (bicyclic) bond motifs is 2. The molecule has 49 heavy (non-hydrogen) atoms. The molecule has 5 N–H and O–H groups in total. The van der Waals surface area contributed by atoms with Crippen LogP contribution in [0.4, 0.5) is 11.4 Å². The maximum atomic E-state index is 11.6. The lowest BCUT2D eigenvalue weighted by molar-refractivity contribution is -0.147. The number of carboxylic acids is 1. The monoisotopic (exact) mass is 674 g/mol. The third-order valence-corrected chi connectivity index (χ3v) is 10.7. The second-order valence-electron chi connectivity index (χ2n) is 14.3. The maximum absolute atomic E-state index is 11.6. The fourth-order valence-corrected chi connectivity index (χ4v) is 7.70. The number of methoxy groups -OCH3 is 1. The Balaban J connectivity index is 0.000000191. The van der Waals surface area contributed by atoms with Crippen LogP contribution in [0.25, 0.3) is 0 Å². The first-order chi connectivity index (χ1) is 23.8. The van der Waals surface area contributed by atoms with E-state index in [9.17, 15) is 19.2 Å². The molecule has 2 heterocycles. The summed E-state index contributed by atoms with van der Waals surface area (Å²) in [6, 6.07) is 12.6. The molecule has 4 aliphatic rings. The van der Waals surface area contributed by atoms with Crippen molar-refractivity contribution in [1.29, 1.82) is 0 Å². The van der Waals surface area contributed by atoms with Crippen LogP contribution >= 0.6 is 0 Å². The van der Waals surface area contributed by atoms with Gasteiger partial charge in [-0.1, -0.05) is 24.3 Å². The van der Waals surface area contributed by atoms with Crippen molar-refractivity contribution in [1.82, 2.24) is 10.6 Å². The molecule has 266 valence electrons. The molecule has 2 aromatic rings. The highest BCUT2D eigenvalue weighted by atomic mass is 16.5. The lowest BCUT2D eigenvalue weighted by Crippen LogP contribution is -2.29. The van der Waals surface area contributed by atoms with Gasteiger partial charge in [-0.2, -0.15) is 0 Å². The summed E-state index contributed by atoms with van der Waals surface area (Å²) < 4.78 is 4.84. The van der Waals surface area contributed by atoms with Crippen LogP contribution in [0, 0.1) is 23.7 Å². The van der Waals surface area contributed by atoms with Gasteiger partial charge < -0.3 is 31.1 Å². The number of esters is 1. The Hall–Kier alpha value is -3.76. The summed E-state index contributed by atoms with van der Waals surface area (Å²) in [5.41, 5.74) is 6.88. The van der Waals surface area contributed by atoms with E-state index in [1.165, 1.54) is 29.4 Å². The zero-order chi connectivity index (χ0) is 34.6. The van der Waals surface area contributed by atoms with E-state index in [1.54, 1.807) is 0 Å². The molecule has 2 saturated carbocycles. The first kappa shape index (κ1) is 36.5. The molecule has 0 spiro atoms. The minimum atomic E-state index is -0.640. The molecule has 0 atom stereocenters. The normalized spacial score (nSPS) is 23.6. The Morgan fingerprint density at radius 1 is 0.694 bits per heavy atom. The number of ether oxygens (including phenoxy) is 1. The van der Waals surface area contributed by atoms with Gasteiger partial charge in [-0.25, -0.2) is 0 Å². The summed E-state index contributed by atoms with van der Waals surface area (Å²) >= 11 is 0. The average Bonchev–Trinajstić information content (AvgIpc) is 3.42. The largest absolute Gasteiger partial charge is 0.481 e. The van der Waals surface area contributed by atoms with E-state index in [-0.39, 0.29) is 29.6 Å². The van der Waals surface area contributed by atoms with Crippen LogP contribution in [-0.2, 0) is 49.8 Å². The zero-order valence-corrected chi connectivity index (χ0v) is 29.0. The first-order valence-electron chi connectivity index (χ1n) is 18.3. The Bertz CT molecular complexity index is 1440. The molecule has 6 rings (SSSR count). The Morgan fingerprint density at radius 3 is 1.57 bits per heavy atom. The van der Waals surface area contributed by atoms with E-state index in [0.29, 0.717) is 24.7 Å². The number of aliphatic carboxylic acids is 1. The van der Waals surface area contributed by atoms with Gasteiger partial charge in [-0.05, 0) is 136 Å². The van der Waals surface area contributed by atoms with Gasteiger partial charge in [-0.15, -0.1) is 0 Å². The number of rotatable bonds is 10. The van der Waals surface area contributed by atoms with Crippen LogP contribution in [-0.4, -0.2) is 49.1 Å². The number of nitrogens with one attached hydrogen (secondary N) is 4. The highest BCUT2D eigenvalue weighted by molar-refractivity contribution is 5.92. The third-order valence-electron chi connectivity index (χ3n) is 10.7. The summed E-state index contributed by atoms with van der Waals surface area (Å²) in [5.74, 6) is 0.717. The van der Waals surface area contributed by atoms with Crippen molar-refractivity contribution >= 4 is 35.1 Å². The molecular formula is C39H54N4O6. The second-order valence-corrected chi connectivity index (χ2v) is 14.3. The SMILES string of the molecule is COC(=O)C1CCC(CNCc2ccc3c(c2)CCCC(=O)N3)CC1.O=C1CCCc2cc(CNCC3CCC(C(=O)O)CC3)ccc2N1. The minimum Gasteiger partial charge on any atom is -0.481 e. The van der Waals surface area contributed by atoms with Crippen molar-refractivity contribution in [3.8, 4) is 0 Å². The van der Waals surface area contributed by atoms with E-state index in [2.05, 4.69) is 45.5 Å². The Morgan fingerprint density at radius 2 is 1.14 bits per heavy atom. The quantitative estimate of drug-likeness (QED) is 0.194. The molecule has 2 aromatic carbocycles. The number of carboxylic acid groups (broad SMARTS) is 1. The third kappa shape index (κ3) is 11.1. The molecule has 2 fully saturated rings. The minimum absolute atomic E-state index is 0.0523. The van der Waals surface area contributed by atoms with Crippen LogP contribution in [0.5, 0.6) is 0 Å². The predicted octanol–water partition coefficient (Wildman–Crippen LogP) is 5.97. The summed E-state index contributed by atoms with van der Waals surface area (Å²) in [6.07, 6.45) is 12.6. The zero-order valence-electron chi connectivity index (χ0n) is 29.0. The molecule has 0 aromatic heterocycles. The van der Waals surface area contributed by atoms with Gasteiger partial charge in [0, 0.05) is 37.3 Å². The van der Waals surface area contributed by atoms with E-state index >= 15 is 0 Å². The summed E-state index contributed by atoms with van der Waals surface area (Å²) in [4.78, 5) is 45.7. The van der Waals surface area contributed by atoms with E-state index in [4.69, 9.17) is 9.84 Å². The number of carbonyl (C=O) groups is 4. The summed E-state index contributed by atoms with van der Waals surface area (Å²) in [5, 5.41) is 22.1. The van der Waals surface area contributed by atoms with Crippen molar-refractivity contribution in [3.63, 3.8) is 0 Å². The Labute approximate surface area is 290 Å². The molecule has 2 aliphatic heterocycles. The van der Waals surface area contributed by atoms with Crippen molar-refractivity contribution in [2.75, 3.05) is 30.8 Å². The van der Waals surface area contributed by atoms with Crippen LogP contribution in [0.1, 0.15) is 99.3 Å². The molecule has 10 nitrogen and oxygen atoms in total. The highest BCUT2D eigenvalue weighted by Crippen LogP contribution is 2.30. The number of amides is 2. The van der Waals surface area contributed by atoms with E-state index in [0.717, 1.165) is 115 Å². The number of anilines is 2. The summed E-state index contributed by atoms with van der Waals surface area (Å²) in [6.45, 7) is 3.60. The van der Waals surface area contributed by atoms with Gasteiger partial charge in [0.1, 0.15) is 0 Å². The molecule has 0 unspecified atom stereocenters. The molecule has 0 saturated heterocycles. The fourth-order valence-electron chi connectivity index (χ4n) is 7.70. The molecule has 10 heteroatoms. The average molecular weight is 675 g/mol. The second kappa shape index (κ2) is 18.3. The van der Waals surface area contributed by atoms with Crippen molar-refractivity contribution < 1.29 is 29.0 Å². The van der Waals surface area contributed by atoms with Crippen molar-refractivity contribution in [2.45, 2.75) is 103 Å². The molecule has 0 bridgehead atoms. The number of hydrogen-bond acceptors (Lipinski definition) is 7. The van der Waals surface area contributed by atoms with E-state index < -0.39 is 5.97 Å². The highest BCUT2D eigenvalue weighted by Gasteiger charge is 2.27. The maximum Gasteiger partial charge on any atom is 0.308 e. The van der Waals surface area contributed by atoms with Crippen LogP contribution < -0.4 is 21.3 Å². The van der Waals surface area contributed by atoms with Crippen LogP contribution in [0.3, 0.4) is 0 Å². The van der Waals surface area contributed by atoms with Gasteiger partial charge in [-0.3, -0.25) is 19.2 Å². The summed E-state index contributed by atoms with van der Waals surface area (Å²) in [7, 11) is 1.47. The fraction of sp³-hybridized carbons (Fsp3) is 0.590. The lowest BCUT2D eigenvalue weighted by atomic mass is 9.82. The first-order valence-corrected chi connectivity index (χ1v) is 18.3. The van der Waals surface area contributed by atoms with Crippen molar-refractivity contribution in [3.05, 3.63) is 58.7 Å². The Kier molecular flexibility index (Phi) is 13.6. The van der Waals surface area contributed by atoms with E-state index in [1.807, 2.05) is 12.1 Å². The number of aryl methyl sites for hydroxylation is 2. The number of hydrogen-bond donors (Lipinski definition) is 5. The van der Waals surface area contributed by atoms with Gasteiger partial charge in [0.05, 0.1) is 18.9 Å². The van der Waals surface area contributed by atoms with Gasteiger partial charge >= 0.3 is 11.9 Å². The topological polar surface area (TPSA) is 146 Å².